The molecule has 1 heterocycles. The van der Waals surface area contributed by atoms with Crippen molar-refractivity contribution in [3.05, 3.63) is 52.8 Å². The standard InChI is InChI=1S/C20H24FN3O3S2/c21-16-6-9-18(10-7-16)29(26,27)24-20-23-17(14-28-20)8-11-19(25)22-13-12-15-4-2-1-3-5-15/h4,6-7,9-10,14H,1-3,5,8,11-13H2,(H,22,25)(H,23,24). The van der Waals surface area contributed by atoms with Crippen LogP contribution < -0.4 is 10.0 Å². The van der Waals surface area contributed by atoms with Crippen LogP contribution in [-0.2, 0) is 21.2 Å². The number of nitrogens with one attached hydrogen (secondary N) is 2. The zero-order chi connectivity index (χ0) is 20.7. The van der Waals surface area contributed by atoms with Crippen LogP contribution in [0.2, 0.25) is 0 Å². The Morgan fingerprint density at radius 1 is 1.17 bits per heavy atom. The lowest BCUT2D eigenvalue weighted by Gasteiger charge is -2.12. The van der Waals surface area contributed by atoms with Gasteiger partial charge < -0.3 is 5.32 Å². The van der Waals surface area contributed by atoms with E-state index in [9.17, 15) is 17.6 Å². The van der Waals surface area contributed by atoms with E-state index in [1.807, 2.05) is 0 Å². The number of amides is 1. The van der Waals surface area contributed by atoms with Gasteiger partial charge in [0.2, 0.25) is 5.91 Å². The van der Waals surface area contributed by atoms with Gasteiger partial charge in [-0.25, -0.2) is 17.8 Å². The molecule has 0 radical (unpaired) electrons. The molecule has 0 atom stereocenters. The van der Waals surface area contributed by atoms with Gasteiger partial charge in [0.25, 0.3) is 10.0 Å². The molecule has 9 heteroatoms. The summed E-state index contributed by atoms with van der Waals surface area (Å²) in [5, 5.41) is 4.87. The number of rotatable bonds is 9. The summed E-state index contributed by atoms with van der Waals surface area (Å²) in [4.78, 5) is 16.2. The lowest BCUT2D eigenvalue weighted by Crippen LogP contribution is -2.25. The fourth-order valence-corrected chi connectivity index (χ4v) is 5.08. The highest BCUT2D eigenvalue weighted by molar-refractivity contribution is 7.93. The summed E-state index contributed by atoms with van der Waals surface area (Å²) in [5.74, 6) is -0.544. The molecule has 156 valence electrons. The van der Waals surface area contributed by atoms with E-state index in [1.165, 1.54) is 30.5 Å². The second kappa shape index (κ2) is 9.98. The minimum Gasteiger partial charge on any atom is -0.356 e. The number of aryl methyl sites for hydroxylation is 1. The maximum Gasteiger partial charge on any atom is 0.263 e. The molecular weight excluding hydrogens is 413 g/mol. The van der Waals surface area contributed by atoms with E-state index in [4.69, 9.17) is 0 Å². The molecule has 0 saturated carbocycles. The van der Waals surface area contributed by atoms with E-state index >= 15 is 0 Å². The lowest BCUT2D eigenvalue weighted by molar-refractivity contribution is -0.121. The zero-order valence-electron chi connectivity index (χ0n) is 16.0. The molecule has 2 N–H and O–H groups in total. The average molecular weight is 438 g/mol. The number of allylic oxidation sites excluding steroid dienone is 1. The van der Waals surface area contributed by atoms with Crippen LogP contribution in [-0.4, -0.2) is 25.9 Å². The van der Waals surface area contributed by atoms with E-state index in [1.54, 1.807) is 5.38 Å². The molecular formula is C20H24FN3O3S2. The molecule has 1 aromatic carbocycles. The summed E-state index contributed by atoms with van der Waals surface area (Å²) in [6.07, 6.45) is 8.67. The molecule has 0 fully saturated rings. The molecule has 2 aromatic rings. The molecule has 0 saturated heterocycles. The van der Waals surface area contributed by atoms with E-state index < -0.39 is 15.8 Å². The fraction of sp³-hybridized carbons (Fsp3) is 0.400. The van der Waals surface area contributed by atoms with Gasteiger partial charge in [-0.15, -0.1) is 11.3 Å². The van der Waals surface area contributed by atoms with Crippen LogP contribution >= 0.6 is 11.3 Å². The van der Waals surface area contributed by atoms with Crippen LogP contribution in [0.4, 0.5) is 9.52 Å². The SMILES string of the molecule is O=C(CCc1csc(NS(=O)(=O)c2ccc(F)cc2)n1)NCCC1=CCCCC1. The monoisotopic (exact) mass is 437 g/mol. The average Bonchev–Trinajstić information content (AvgIpc) is 3.14. The number of aromatic nitrogens is 1. The van der Waals surface area contributed by atoms with Crippen molar-refractivity contribution in [1.29, 1.82) is 0 Å². The first-order valence-corrected chi connectivity index (χ1v) is 12.0. The summed E-state index contributed by atoms with van der Waals surface area (Å²) in [6.45, 7) is 0.643. The van der Waals surface area contributed by atoms with Crippen molar-refractivity contribution in [3.63, 3.8) is 0 Å². The summed E-state index contributed by atoms with van der Waals surface area (Å²) in [6, 6.07) is 4.57. The molecule has 6 nitrogen and oxygen atoms in total. The van der Waals surface area contributed by atoms with E-state index in [-0.39, 0.29) is 15.9 Å². The van der Waals surface area contributed by atoms with Crippen molar-refractivity contribution in [1.82, 2.24) is 10.3 Å². The number of sulfonamides is 1. The smallest absolute Gasteiger partial charge is 0.263 e. The molecule has 29 heavy (non-hydrogen) atoms. The third kappa shape index (κ3) is 6.64. The quantitative estimate of drug-likeness (QED) is 0.580. The fourth-order valence-electron chi connectivity index (χ4n) is 3.08. The second-order valence-electron chi connectivity index (χ2n) is 6.91. The van der Waals surface area contributed by atoms with Crippen molar-refractivity contribution < 1.29 is 17.6 Å². The Balaban J connectivity index is 1.44. The minimum absolute atomic E-state index is 0.0388. The van der Waals surface area contributed by atoms with Crippen molar-refractivity contribution in [2.24, 2.45) is 0 Å². The highest BCUT2D eigenvalue weighted by Crippen LogP contribution is 2.21. The molecule has 0 spiro atoms. The topological polar surface area (TPSA) is 88.2 Å². The van der Waals surface area contributed by atoms with Crippen LogP contribution in [0.15, 0.2) is 46.2 Å². The molecule has 1 aliphatic rings. The summed E-state index contributed by atoms with van der Waals surface area (Å²) >= 11 is 1.15. The molecule has 3 rings (SSSR count). The second-order valence-corrected chi connectivity index (χ2v) is 9.45. The molecule has 0 unspecified atom stereocenters. The molecule has 1 aliphatic carbocycles. The van der Waals surface area contributed by atoms with Gasteiger partial charge in [0.1, 0.15) is 5.82 Å². The maximum absolute atomic E-state index is 13.0. The third-order valence-corrected chi connectivity index (χ3v) is 6.95. The van der Waals surface area contributed by atoms with Gasteiger partial charge >= 0.3 is 0 Å². The number of anilines is 1. The molecule has 0 aliphatic heterocycles. The number of nitrogens with zero attached hydrogens (tertiary/aromatic N) is 1. The third-order valence-electron chi connectivity index (χ3n) is 4.66. The van der Waals surface area contributed by atoms with Crippen molar-refractivity contribution >= 4 is 32.4 Å². The van der Waals surface area contributed by atoms with Gasteiger partial charge in [-0.1, -0.05) is 11.6 Å². The molecule has 1 amide bonds. The Labute approximate surface area is 174 Å². The normalized spacial score (nSPS) is 14.3. The highest BCUT2D eigenvalue weighted by Gasteiger charge is 2.16. The summed E-state index contributed by atoms with van der Waals surface area (Å²) in [7, 11) is -3.82. The van der Waals surface area contributed by atoms with E-state index in [2.05, 4.69) is 21.1 Å². The minimum atomic E-state index is -3.82. The van der Waals surface area contributed by atoms with Crippen LogP contribution in [0, 0.1) is 5.82 Å². The Kier molecular flexibility index (Phi) is 7.38. The number of hydrogen-bond acceptors (Lipinski definition) is 5. The first-order valence-electron chi connectivity index (χ1n) is 9.60. The van der Waals surface area contributed by atoms with E-state index in [0.29, 0.717) is 25.1 Å². The number of carbonyl (C=O) groups excluding carboxylic acids is 1. The van der Waals surface area contributed by atoms with Gasteiger partial charge in [-0.05, 0) is 62.8 Å². The van der Waals surface area contributed by atoms with E-state index in [0.717, 1.165) is 42.7 Å². The Hall–Kier alpha value is -2.26. The Morgan fingerprint density at radius 2 is 1.97 bits per heavy atom. The van der Waals surface area contributed by atoms with Gasteiger partial charge in [-0.2, -0.15) is 0 Å². The van der Waals surface area contributed by atoms with Crippen molar-refractivity contribution in [2.45, 2.75) is 49.8 Å². The first-order chi connectivity index (χ1) is 13.9. The van der Waals surface area contributed by atoms with Crippen LogP contribution in [0.1, 0.15) is 44.2 Å². The molecule has 1 aromatic heterocycles. The van der Waals surface area contributed by atoms with Gasteiger partial charge in [0, 0.05) is 18.3 Å². The van der Waals surface area contributed by atoms with Gasteiger partial charge in [0.15, 0.2) is 5.13 Å². The van der Waals surface area contributed by atoms with Gasteiger partial charge in [-0.3, -0.25) is 9.52 Å². The largest absolute Gasteiger partial charge is 0.356 e. The maximum atomic E-state index is 13.0. The summed E-state index contributed by atoms with van der Waals surface area (Å²) in [5.41, 5.74) is 2.08. The predicted molar refractivity (Wildman–Crippen MR) is 112 cm³/mol. The number of hydrogen-bond donors (Lipinski definition) is 2. The Morgan fingerprint density at radius 3 is 2.69 bits per heavy atom. The van der Waals surface area contributed by atoms with Gasteiger partial charge in [0.05, 0.1) is 10.6 Å². The van der Waals surface area contributed by atoms with Crippen LogP contribution in [0.5, 0.6) is 0 Å². The highest BCUT2D eigenvalue weighted by atomic mass is 32.2. The zero-order valence-corrected chi connectivity index (χ0v) is 17.6. The van der Waals surface area contributed by atoms with Crippen molar-refractivity contribution in [2.75, 3.05) is 11.3 Å². The lowest BCUT2D eigenvalue weighted by atomic mass is 9.97. The van der Waals surface area contributed by atoms with Crippen LogP contribution in [0.3, 0.4) is 0 Å². The number of carbonyl (C=O) groups is 1. The molecule has 0 bridgehead atoms. The predicted octanol–water partition coefficient (Wildman–Crippen LogP) is 4.02. The number of halogens is 1. The van der Waals surface area contributed by atoms with Crippen molar-refractivity contribution in [3.8, 4) is 0 Å². The van der Waals surface area contributed by atoms with Crippen LogP contribution in [0.25, 0.3) is 0 Å². The Bertz CT molecular complexity index is 969. The number of benzene rings is 1. The first kappa shape index (κ1) is 21.4. The summed E-state index contributed by atoms with van der Waals surface area (Å²) < 4.78 is 40.0. The number of thiazole rings is 1.